The molecule has 2 rings (SSSR count). The second kappa shape index (κ2) is 7.08. The molecular weight excluding hydrogens is 336 g/mol. The number of aliphatic carboxylic acids is 1. The highest BCUT2D eigenvalue weighted by atomic mass is 32.2. The van der Waals surface area contributed by atoms with E-state index in [0.717, 1.165) is 11.1 Å². The second-order valence-electron chi connectivity index (χ2n) is 4.91. The number of aliphatic hydroxyl groups excluding tert-OH is 1. The predicted octanol–water partition coefficient (Wildman–Crippen LogP) is 2.42. The van der Waals surface area contributed by atoms with Gasteiger partial charge < -0.3 is 10.2 Å². The maximum Gasteiger partial charge on any atom is 0.332 e. The van der Waals surface area contributed by atoms with Gasteiger partial charge in [-0.25, -0.2) is 13.2 Å². The Morgan fingerprint density at radius 3 is 2.26 bits per heavy atom. The van der Waals surface area contributed by atoms with Crippen LogP contribution >= 0.6 is 11.3 Å². The Morgan fingerprint density at radius 2 is 1.83 bits per heavy atom. The Morgan fingerprint density at radius 1 is 1.17 bits per heavy atom. The van der Waals surface area contributed by atoms with E-state index >= 15 is 0 Å². The minimum absolute atomic E-state index is 0.0103. The van der Waals surface area contributed by atoms with Crippen molar-refractivity contribution in [2.45, 2.75) is 11.3 Å². The average Bonchev–Trinajstić information content (AvgIpc) is 3.00. The second-order valence-corrected chi connectivity index (χ2v) is 7.87. The van der Waals surface area contributed by atoms with Crippen molar-refractivity contribution in [3.05, 3.63) is 57.8 Å². The lowest BCUT2D eigenvalue weighted by Gasteiger charge is -2.12. The first-order valence-corrected chi connectivity index (χ1v) is 9.53. The molecule has 7 heteroatoms. The molecule has 1 aromatic heterocycles. The van der Waals surface area contributed by atoms with Crippen molar-refractivity contribution in [1.82, 2.24) is 0 Å². The normalized spacial score (nSPS) is 12.8. The molecule has 2 N–H and O–H groups in total. The van der Waals surface area contributed by atoms with E-state index in [1.165, 1.54) is 23.5 Å². The third-order valence-electron chi connectivity index (χ3n) is 3.26. The first-order chi connectivity index (χ1) is 10.8. The van der Waals surface area contributed by atoms with Crippen LogP contribution in [0.2, 0.25) is 0 Å². The van der Waals surface area contributed by atoms with Crippen LogP contribution in [0.15, 0.2) is 52.2 Å². The summed E-state index contributed by atoms with van der Waals surface area (Å²) in [7, 11) is -3.32. The van der Waals surface area contributed by atoms with Crippen LogP contribution in [0.25, 0.3) is 5.57 Å². The molecule has 2 aromatic rings. The number of carboxylic acid groups (broad SMARTS) is 1. The molecule has 0 aliphatic carbocycles. The maximum atomic E-state index is 11.6. The molecule has 0 aliphatic rings. The van der Waals surface area contributed by atoms with Gasteiger partial charge in [0.05, 0.1) is 4.90 Å². The summed E-state index contributed by atoms with van der Waals surface area (Å²) >= 11 is 1.39. The molecule has 0 unspecified atom stereocenters. The van der Waals surface area contributed by atoms with Gasteiger partial charge in [0.15, 0.2) is 9.84 Å². The summed E-state index contributed by atoms with van der Waals surface area (Å²) in [5, 5.41) is 20.4. The lowest BCUT2D eigenvalue weighted by atomic mass is 9.96. The molecule has 0 fully saturated rings. The summed E-state index contributed by atoms with van der Waals surface area (Å²) in [5.41, 5.74) is 1.20. The van der Waals surface area contributed by atoms with Gasteiger partial charge in [-0.3, -0.25) is 0 Å². The fourth-order valence-corrected chi connectivity index (χ4v) is 3.66. The third-order valence-corrected chi connectivity index (χ3v) is 5.28. The molecule has 1 heterocycles. The van der Waals surface area contributed by atoms with Crippen LogP contribution in [0.4, 0.5) is 0 Å². The van der Waals surface area contributed by atoms with Crippen molar-refractivity contribution in [3.63, 3.8) is 0 Å². The Balaban J connectivity index is 2.64. The van der Waals surface area contributed by atoms with E-state index < -0.39 is 15.8 Å². The van der Waals surface area contributed by atoms with Crippen LogP contribution in [0.1, 0.15) is 16.9 Å². The molecule has 0 atom stereocenters. The van der Waals surface area contributed by atoms with Gasteiger partial charge in [-0.05, 0) is 29.1 Å². The number of aliphatic hydroxyl groups is 1. The van der Waals surface area contributed by atoms with Gasteiger partial charge in [-0.15, -0.1) is 11.3 Å². The zero-order chi connectivity index (χ0) is 17.0. The molecule has 0 bridgehead atoms. The van der Waals surface area contributed by atoms with Gasteiger partial charge in [0, 0.05) is 35.3 Å². The number of hydrogen-bond acceptors (Lipinski definition) is 5. The van der Waals surface area contributed by atoms with Crippen LogP contribution in [-0.4, -0.2) is 37.5 Å². The molecule has 0 amide bonds. The summed E-state index contributed by atoms with van der Waals surface area (Å²) in [5.74, 6) is -1.10. The number of sulfone groups is 1. The summed E-state index contributed by atoms with van der Waals surface area (Å²) in [4.78, 5) is 12.5. The van der Waals surface area contributed by atoms with Crippen molar-refractivity contribution < 1.29 is 23.4 Å². The topological polar surface area (TPSA) is 91.7 Å². The van der Waals surface area contributed by atoms with Gasteiger partial charge in [-0.2, -0.15) is 0 Å². The summed E-state index contributed by atoms with van der Waals surface area (Å²) in [6.45, 7) is -0.280. The van der Waals surface area contributed by atoms with Crippen LogP contribution < -0.4 is 0 Å². The number of carboxylic acids is 1. The van der Waals surface area contributed by atoms with Crippen molar-refractivity contribution >= 4 is 32.7 Å². The highest BCUT2D eigenvalue weighted by Gasteiger charge is 2.19. The van der Waals surface area contributed by atoms with E-state index in [1.54, 1.807) is 18.2 Å². The summed E-state index contributed by atoms with van der Waals surface area (Å²) in [6, 6.07) is 9.69. The molecule has 0 saturated heterocycles. The highest BCUT2D eigenvalue weighted by Crippen LogP contribution is 2.32. The molecule has 0 radical (unpaired) electrons. The monoisotopic (exact) mass is 352 g/mol. The van der Waals surface area contributed by atoms with E-state index in [4.69, 9.17) is 5.11 Å². The molecule has 23 heavy (non-hydrogen) atoms. The fraction of sp³-hybridized carbons (Fsp3) is 0.188. The first kappa shape index (κ1) is 17.4. The Hall–Kier alpha value is -1.96. The highest BCUT2D eigenvalue weighted by molar-refractivity contribution is 7.90. The molecule has 0 spiro atoms. The zero-order valence-electron chi connectivity index (χ0n) is 12.4. The lowest BCUT2D eigenvalue weighted by molar-refractivity contribution is -0.132. The predicted molar refractivity (Wildman–Crippen MR) is 89.2 cm³/mol. The van der Waals surface area contributed by atoms with Gasteiger partial charge in [0.2, 0.25) is 0 Å². The molecule has 0 saturated carbocycles. The Labute approximate surface area is 138 Å². The largest absolute Gasteiger partial charge is 0.478 e. The fourth-order valence-electron chi connectivity index (χ4n) is 2.21. The lowest BCUT2D eigenvalue weighted by Crippen LogP contribution is -2.07. The van der Waals surface area contributed by atoms with Crippen molar-refractivity contribution in [2.24, 2.45) is 0 Å². The van der Waals surface area contributed by atoms with Crippen LogP contribution in [0.3, 0.4) is 0 Å². The van der Waals surface area contributed by atoms with Crippen LogP contribution in [0.5, 0.6) is 0 Å². The summed E-state index contributed by atoms with van der Waals surface area (Å²) < 4.78 is 23.1. The zero-order valence-corrected chi connectivity index (χ0v) is 14.0. The quantitative estimate of drug-likeness (QED) is 0.779. The Kier molecular flexibility index (Phi) is 5.35. The third kappa shape index (κ3) is 4.07. The maximum absolute atomic E-state index is 11.6. The number of carbonyl (C=O) groups is 1. The smallest absolute Gasteiger partial charge is 0.332 e. The van der Waals surface area contributed by atoms with E-state index in [2.05, 4.69) is 0 Å². The minimum atomic E-state index is -3.32. The van der Waals surface area contributed by atoms with Crippen LogP contribution in [-0.2, 0) is 14.6 Å². The SMILES string of the molecule is CS(=O)(=O)c1ccc(/C(=C(/CCO)C(=O)O)c2cccs2)cc1. The minimum Gasteiger partial charge on any atom is -0.478 e. The number of hydrogen-bond donors (Lipinski definition) is 2. The molecule has 0 aliphatic heterocycles. The van der Waals surface area contributed by atoms with Crippen molar-refractivity contribution in [3.8, 4) is 0 Å². The van der Waals surface area contributed by atoms with Gasteiger partial charge >= 0.3 is 5.97 Å². The van der Waals surface area contributed by atoms with E-state index in [1.807, 2.05) is 11.4 Å². The standard InChI is InChI=1S/C16H16O5S2/c1-23(20,21)12-6-4-11(5-7-12)15(14-3-2-10-22-14)13(8-9-17)16(18)19/h2-7,10,17H,8-9H2,1H3,(H,18,19)/b15-13+. The summed E-state index contributed by atoms with van der Waals surface area (Å²) in [6.07, 6.45) is 1.13. The Bertz CT molecular complexity index is 816. The average molecular weight is 352 g/mol. The molecule has 1 aromatic carbocycles. The number of rotatable bonds is 6. The van der Waals surface area contributed by atoms with E-state index in [9.17, 15) is 18.3 Å². The first-order valence-electron chi connectivity index (χ1n) is 6.76. The van der Waals surface area contributed by atoms with Gasteiger partial charge in [-0.1, -0.05) is 18.2 Å². The van der Waals surface area contributed by atoms with Gasteiger partial charge in [0.25, 0.3) is 0 Å². The number of benzene rings is 1. The molecule has 5 nitrogen and oxygen atoms in total. The van der Waals surface area contributed by atoms with E-state index in [0.29, 0.717) is 11.1 Å². The van der Waals surface area contributed by atoms with Gasteiger partial charge in [0.1, 0.15) is 0 Å². The van der Waals surface area contributed by atoms with Crippen molar-refractivity contribution in [1.29, 1.82) is 0 Å². The van der Waals surface area contributed by atoms with Crippen LogP contribution in [0, 0.1) is 0 Å². The van der Waals surface area contributed by atoms with Crippen molar-refractivity contribution in [2.75, 3.05) is 12.9 Å². The van der Waals surface area contributed by atoms with E-state index in [-0.39, 0.29) is 23.5 Å². The molecular formula is C16H16O5S2. The number of thiophene rings is 1. The molecule has 122 valence electrons.